The first-order valence-electron chi connectivity index (χ1n) is 22.7. The Labute approximate surface area is 381 Å². The van der Waals surface area contributed by atoms with Crippen molar-refractivity contribution in [2.45, 2.75) is 154 Å². The van der Waals surface area contributed by atoms with E-state index in [1.165, 1.54) is 11.3 Å². The maximum absolute atomic E-state index is 15.1. The lowest BCUT2D eigenvalue weighted by Crippen LogP contribution is -2.61. The monoisotopic (exact) mass is 910 g/mol. The lowest BCUT2D eigenvalue weighted by molar-refractivity contribution is -0.295. The average Bonchev–Trinajstić information content (AvgIpc) is 4.01. The summed E-state index contributed by atoms with van der Waals surface area (Å²) in [4.78, 5) is 52.5. The molecule has 6 rings (SSSR count). The number of nitrogens with one attached hydrogen (secondary N) is 1. The summed E-state index contributed by atoms with van der Waals surface area (Å²) in [7, 11) is 5.40. The minimum absolute atomic E-state index is 0.0398. The van der Waals surface area contributed by atoms with Crippen LogP contribution in [0.25, 0.3) is 11.3 Å². The number of likely N-dealkylation sites (N-methyl/N-ethyl adjacent to an activating group) is 1. The third-order valence-corrected chi connectivity index (χ3v) is 14.4. The molecule has 3 unspecified atom stereocenters. The molecule has 18 heteroatoms. The SMILES string of the molecule is CC[C@H]1OC(=O)[C@H](Cc2cncs2)C(=O)[C@H](C)[C@@H](O[C@@H]2OC(C)CC(N(C)C)C2O)[C@](C)(OC)C[C@@H](C)CN[C@H](C)[C@H]2N(CCCCn3cc(-c4cccc(N)c4)nn3)C(=O)O[C@]12C. The van der Waals surface area contributed by atoms with Crippen LogP contribution < -0.4 is 11.1 Å². The van der Waals surface area contributed by atoms with E-state index in [-0.39, 0.29) is 30.5 Å². The Balaban J connectivity index is 1.29. The summed E-state index contributed by atoms with van der Waals surface area (Å²) < 4.78 is 33.9. The van der Waals surface area contributed by atoms with Crippen LogP contribution in [0.1, 0.15) is 85.4 Å². The third-order valence-electron chi connectivity index (χ3n) is 13.6. The van der Waals surface area contributed by atoms with Crippen molar-refractivity contribution < 1.29 is 43.2 Å². The van der Waals surface area contributed by atoms with Gasteiger partial charge in [-0.1, -0.05) is 38.1 Å². The lowest BCUT2D eigenvalue weighted by Gasteiger charge is -2.46. The van der Waals surface area contributed by atoms with Gasteiger partial charge >= 0.3 is 12.1 Å². The smallest absolute Gasteiger partial charge is 0.410 e. The van der Waals surface area contributed by atoms with Crippen LogP contribution in [0, 0.1) is 17.8 Å². The van der Waals surface area contributed by atoms with Gasteiger partial charge < -0.3 is 44.7 Å². The number of aliphatic hydroxyl groups excluding tert-OH is 1. The third kappa shape index (κ3) is 11.0. The summed E-state index contributed by atoms with van der Waals surface area (Å²) in [6.45, 7) is 14.9. The number of aliphatic hydroxyl groups is 1. The number of carbonyl (C=O) groups excluding carboxylic acids is 3. The van der Waals surface area contributed by atoms with Crippen molar-refractivity contribution in [2.24, 2.45) is 17.8 Å². The quantitative estimate of drug-likeness (QED) is 0.0897. The number of cyclic esters (lactones) is 1. The van der Waals surface area contributed by atoms with E-state index in [2.05, 4.69) is 27.5 Å². The van der Waals surface area contributed by atoms with Gasteiger partial charge in [-0.15, -0.1) is 16.4 Å². The van der Waals surface area contributed by atoms with Gasteiger partial charge in [-0.3, -0.25) is 24.2 Å². The molecule has 4 N–H and O–H groups in total. The Morgan fingerprint density at radius 1 is 1.11 bits per heavy atom. The van der Waals surface area contributed by atoms with Crippen LogP contribution in [0.5, 0.6) is 0 Å². The standard InChI is InChI=1S/C46H70N8O9S/c1-11-37-46(7)40(54(44(58)63-46)18-13-12-17-53-25-35(50-51-53)31-15-14-16-32(47)20-31)30(5)49-23-27(2)22-45(6,59-10)41(62-43-39(56)36(52(8)9)19-28(3)60-43)29(4)38(55)34(42(57)61-37)21-33-24-48-26-64-33/h14-16,20,24-30,34,36-37,39-41,43,49,56H,11-13,17-19,21-23,47H2,1-10H3/t27-,28?,29+,30-,34-,36?,37-,39?,40-,41-,43+,45-,46-/m1/s1. The number of unbranched alkanes of at least 4 members (excludes halogenated alkanes) is 1. The number of ether oxygens (including phenoxy) is 5. The fourth-order valence-electron chi connectivity index (χ4n) is 10.1. The second-order valence-electron chi connectivity index (χ2n) is 18.8. The molecule has 0 aliphatic carbocycles. The van der Waals surface area contributed by atoms with Crippen LogP contribution in [0.15, 0.2) is 42.2 Å². The Morgan fingerprint density at radius 3 is 2.53 bits per heavy atom. The van der Waals surface area contributed by atoms with Crippen LogP contribution in [0.2, 0.25) is 0 Å². The highest BCUT2D eigenvalue weighted by Crippen LogP contribution is 2.40. The lowest BCUT2D eigenvalue weighted by atomic mass is 9.77. The molecule has 3 aliphatic rings. The molecule has 17 nitrogen and oxygen atoms in total. The number of nitrogens with zero attached hydrogens (tertiary/aromatic N) is 6. The van der Waals surface area contributed by atoms with E-state index in [0.717, 1.165) is 16.1 Å². The molecule has 64 heavy (non-hydrogen) atoms. The van der Waals surface area contributed by atoms with Crippen molar-refractivity contribution in [3.63, 3.8) is 0 Å². The minimum atomic E-state index is -1.28. The molecule has 0 spiro atoms. The van der Waals surface area contributed by atoms with Gasteiger partial charge in [0.15, 0.2) is 17.7 Å². The van der Waals surface area contributed by atoms with Gasteiger partial charge in [-0.25, -0.2) is 4.79 Å². The molecule has 5 heterocycles. The zero-order valence-electron chi connectivity index (χ0n) is 39.1. The Morgan fingerprint density at radius 2 is 1.86 bits per heavy atom. The van der Waals surface area contributed by atoms with Crippen LogP contribution >= 0.6 is 11.3 Å². The van der Waals surface area contributed by atoms with Crippen molar-refractivity contribution in [3.8, 4) is 11.3 Å². The number of nitrogen functional groups attached to an aromatic ring is 1. The summed E-state index contributed by atoms with van der Waals surface area (Å²) in [6.07, 6.45) is 1.61. The molecule has 13 atom stereocenters. The second kappa shape index (κ2) is 21.1. The van der Waals surface area contributed by atoms with Gasteiger partial charge in [0, 0.05) is 66.9 Å². The van der Waals surface area contributed by atoms with Gasteiger partial charge in [0.05, 0.1) is 35.6 Å². The first kappa shape index (κ1) is 49.4. The number of Topliss-reactive ketones (excluding diaryl/α,β-unsaturated/α-hetero) is 1. The first-order chi connectivity index (χ1) is 30.4. The predicted octanol–water partition coefficient (Wildman–Crippen LogP) is 4.96. The molecule has 354 valence electrons. The zero-order chi connectivity index (χ0) is 46.5. The highest BCUT2D eigenvalue weighted by atomic mass is 32.1. The summed E-state index contributed by atoms with van der Waals surface area (Å²) in [5, 5.41) is 24.0. The van der Waals surface area contributed by atoms with Gasteiger partial charge in [0.2, 0.25) is 0 Å². The number of aryl methyl sites for hydroxylation is 1. The number of hydrogen-bond donors (Lipinski definition) is 3. The van der Waals surface area contributed by atoms with E-state index in [4.69, 9.17) is 29.4 Å². The maximum atomic E-state index is 15.1. The summed E-state index contributed by atoms with van der Waals surface area (Å²) in [5.74, 6) is -3.35. The number of aromatic nitrogens is 4. The van der Waals surface area contributed by atoms with Crippen LogP contribution in [0.3, 0.4) is 0 Å². The maximum Gasteiger partial charge on any atom is 0.410 e. The molecule has 0 radical (unpaired) electrons. The molecule has 2 aromatic heterocycles. The molecule has 1 aromatic carbocycles. The fourth-order valence-corrected chi connectivity index (χ4v) is 10.7. The van der Waals surface area contributed by atoms with Gasteiger partial charge in [-0.05, 0) is 98.5 Å². The number of amides is 1. The Hall–Kier alpha value is -4.04. The van der Waals surface area contributed by atoms with Crippen molar-refractivity contribution in [1.29, 1.82) is 0 Å². The number of methoxy groups -OCH3 is 1. The van der Waals surface area contributed by atoms with E-state index in [9.17, 15) is 14.7 Å². The fraction of sp³-hybridized carbons (Fsp3) is 0.696. The second-order valence-corrected chi connectivity index (χ2v) is 19.8. The largest absolute Gasteiger partial charge is 0.457 e. The molecule has 1 amide bonds. The number of rotatable bonds is 13. The Bertz CT molecular complexity index is 2020. The molecule has 3 aliphatic heterocycles. The van der Waals surface area contributed by atoms with Gasteiger partial charge in [-0.2, -0.15) is 0 Å². The molecular weight excluding hydrogens is 841 g/mol. The van der Waals surface area contributed by atoms with E-state index in [0.29, 0.717) is 57.4 Å². The van der Waals surface area contributed by atoms with E-state index in [1.54, 1.807) is 35.3 Å². The number of thiazole rings is 1. The van der Waals surface area contributed by atoms with Crippen molar-refractivity contribution >= 4 is 34.9 Å². The highest BCUT2D eigenvalue weighted by molar-refractivity contribution is 7.09. The molecule has 3 fully saturated rings. The van der Waals surface area contributed by atoms with Gasteiger partial charge in [0.25, 0.3) is 0 Å². The number of benzene rings is 1. The summed E-state index contributed by atoms with van der Waals surface area (Å²) >= 11 is 1.34. The molecule has 3 aromatic rings. The van der Waals surface area contributed by atoms with Gasteiger partial charge in [0.1, 0.15) is 23.8 Å². The number of anilines is 1. The van der Waals surface area contributed by atoms with E-state index < -0.39 is 71.5 Å². The molecule has 3 saturated heterocycles. The normalized spacial score (nSPS) is 34.5. The average molecular weight is 911 g/mol. The zero-order valence-corrected chi connectivity index (χ0v) is 40.0. The van der Waals surface area contributed by atoms with E-state index >= 15 is 4.79 Å². The van der Waals surface area contributed by atoms with Crippen LogP contribution in [-0.4, -0.2) is 147 Å². The van der Waals surface area contributed by atoms with Crippen LogP contribution in [-0.2, 0) is 46.2 Å². The number of hydrogen-bond acceptors (Lipinski definition) is 16. The Kier molecular flexibility index (Phi) is 16.3. The summed E-state index contributed by atoms with van der Waals surface area (Å²) in [5.41, 5.74) is 7.53. The van der Waals surface area contributed by atoms with E-state index in [1.807, 2.05) is 84.1 Å². The number of carbonyl (C=O) groups is 3. The molecule has 0 bridgehead atoms. The van der Waals surface area contributed by atoms with Crippen molar-refractivity contribution in [1.82, 2.24) is 35.1 Å². The number of esters is 1. The molecular formula is C46H70N8O9S. The first-order valence-corrected chi connectivity index (χ1v) is 23.6. The van der Waals surface area contributed by atoms with Crippen molar-refractivity contribution in [3.05, 3.63) is 47.0 Å². The summed E-state index contributed by atoms with van der Waals surface area (Å²) in [6, 6.07) is 6.37. The minimum Gasteiger partial charge on any atom is -0.457 e. The predicted molar refractivity (Wildman–Crippen MR) is 242 cm³/mol. The molecule has 0 saturated carbocycles. The topological polar surface area (TPSA) is 206 Å². The number of fused-ring (bicyclic) bond motifs is 1. The van der Waals surface area contributed by atoms with Crippen molar-refractivity contribution in [2.75, 3.05) is 40.0 Å². The number of nitrogens with two attached hydrogens (primary N) is 1. The highest BCUT2D eigenvalue weighted by Gasteiger charge is 2.59. The van der Waals surface area contributed by atoms with Crippen LogP contribution in [0.4, 0.5) is 10.5 Å². The number of ketones is 1.